The molecule has 2 aromatic heterocycles. The molecule has 3 rings (SSSR count). The van der Waals surface area contributed by atoms with Crippen LogP contribution in [0.25, 0.3) is 0 Å². The quantitative estimate of drug-likeness (QED) is 0.845. The SMILES string of the molecule is CC(C)c1nc(CN(Cc2ccncc2)CC2CCC(=O)N2)co1. The summed E-state index contributed by atoms with van der Waals surface area (Å²) < 4.78 is 5.55. The molecule has 128 valence electrons. The molecule has 1 aliphatic heterocycles. The number of hydrogen-bond acceptors (Lipinski definition) is 5. The van der Waals surface area contributed by atoms with E-state index in [-0.39, 0.29) is 17.9 Å². The largest absolute Gasteiger partial charge is 0.448 e. The Hall–Kier alpha value is -2.21. The maximum Gasteiger partial charge on any atom is 0.220 e. The van der Waals surface area contributed by atoms with Crippen molar-refractivity contribution >= 4 is 5.91 Å². The lowest BCUT2D eigenvalue weighted by molar-refractivity contribution is -0.119. The van der Waals surface area contributed by atoms with E-state index in [1.165, 1.54) is 5.56 Å². The van der Waals surface area contributed by atoms with Crippen molar-refractivity contribution in [3.8, 4) is 0 Å². The minimum atomic E-state index is 0.146. The maximum atomic E-state index is 11.5. The molecule has 1 fully saturated rings. The van der Waals surface area contributed by atoms with Crippen molar-refractivity contribution in [2.75, 3.05) is 6.54 Å². The van der Waals surface area contributed by atoms with Crippen molar-refractivity contribution in [3.63, 3.8) is 0 Å². The Morgan fingerprint density at radius 3 is 2.75 bits per heavy atom. The zero-order valence-corrected chi connectivity index (χ0v) is 14.2. The van der Waals surface area contributed by atoms with Crippen LogP contribution in [0.15, 0.2) is 35.2 Å². The Bertz CT molecular complexity index is 669. The molecule has 2 aromatic rings. The predicted octanol–water partition coefficient (Wildman–Crippen LogP) is 2.47. The smallest absolute Gasteiger partial charge is 0.220 e. The normalized spacial score (nSPS) is 17.7. The van der Waals surface area contributed by atoms with Gasteiger partial charge in [-0.1, -0.05) is 13.8 Å². The Labute approximate surface area is 142 Å². The first-order valence-corrected chi connectivity index (χ1v) is 8.45. The van der Waals surface area contributed by atoms with Gasteiger partial charge in [0, 0.05) is 50.4 Å². The van der Waals surface area contributed by atoms with Crippen molar-refractivity contribution in [1.29, 1.82) is 0 Å². The fourth-order valence-electron chi connectivity index (χ4n) is 2.95. The molecule has 6 heteroatoms. The van der Waals surface area contributed by atoms with E-state index in [0.717, 1.165) is 31.1 Å². The number of oxazole rings is 1. The van der Waals surface area contributed by atoms with Gasteiger partial charge in [0.15, 0.2) is 5.89 Å². The average Bonchev–Trinajstić information content (AvgIpc) is 3.18. The second-order valence-corrected chi connectivity index (χ2v) is 6.66. The number of rotatable bonds is 7. The fourth-order valence-corrected chi connectivity index (χ4v) is 2.95. The Kier molecular flexibility index (Phi) is 5.25. The monoisotopic (exact) mass is 328 g/mol. The van der Waals surface area contributed by atoms with Gasteiger partial charge in [0.1, 0.15) is 6.26 Å². The third kappa shape index (κ3) is 4.41. The predicted molar refractivity (Wildman–Crippen MR) is 90.1 cm³/mol. The maximum absolute atomic E-state index is 11.5. The van der Waals surface area contributed by atoms with Crippen LogP contribution in [0.5, 0.6) is 0 Å². The molecule has 0 spiro atoms. The van der Waals surface area contributed by atoms with Crippen LogP contribution < -0.4 is 5.32 Å². The molecule has 1 atom stereocenters. The van der Waals surface area contributed by atoms with Crippen LogP contribution in [0.1, 0.15) is 49.8 Å². The van der Waals surface area contributed by atoms with Crippen molar-refractivity contribution in [2.24, 2.45) is 0 Å². The number of nitrogens with one attached hydrogen (secondary N) is 1. The minimum Gasteiger partial charge on any atom is -0.448 e. The Morgan fingerprint density at radius 2 is 2.12 bits per heavy atom. The molecule has 1 unspecified atom stereocenters. The third-order valence-electron chi connectivity index (χ3n) is 4.17. The Morgan fingerprint density at radius 1 is 1.33 bits per heavy atom. The highest BCUT2D eigenvalue weighted by molar-refractivity contribution is 5.78. The molecule has 1 saturated heterocycles. The fraction of sp³-hybridized carbons (Fsp3) is 0.500. The molecule has 0 aliphatic carbocycles. The van der Waals surface area contributed by atoms with Gasteiger partial charge in [-0.3, -0.25) is 14.7 Å². The number of nitrogens with zero attached hydrogens (tertiary/aromatic N) is 3. The van der Waals surface area contributed by atoms with E-state index >= 15 is 0 Å². The second-order valence-electron chi connectivity index (χ2n) is 6.66. The molecule has 0 aromatic carbocycles. The van der Waals surface area contributed by atoms with E-state index < -0.39 is 0 Å². The molecule has 0 saturated carbocycles. The highest BCUT2D eigenvalue weighted by Crippen LogP contribution is 2.17. The molecule has 6 nitrogen and oxygen atoms in total. The van der Waals surface area contributed by atoms with Gasteiger partial charge in [-0.25, -0.2) is 4.98 Å². The first-order chi connectivity index (χ1) is 11.6. The Balaban J connectivity index is 1.69. The number of carbonyl (C=O) groups excluding carboxylic acids is 1. The highest BCUT2D eigenvalue weighted by atomic mass is 16.3. The van der Waals surface area contributed by atoms with E-state index in [0.29, 0.717) is 13.0 Å². The number of pyridine rings is 1. The van der Waals surface area contributed by atoms with E-state index in [1.54, 1.807) is 18.7 Å². The summed E-state index contributed by atoms with van der Waals surface area (Å²) in [7, 11) is 0. The molecule has 1 aliphatic rings. The molecule has 24 heavy (non-hydrogen) atoms. The number of aromatic nitrogens is 2. The molecule has 1 N–H and O–H groups in total. The summed E-state index contributed by atoms with van der Waals surface area (Å²) in [5.74, 6) is 1.19. The highest BCUT2D eigenvalue weighted by Gasteiger charge is 2.24. The van der Waals surface area contributed by atoms with Gasteiger partial charge >= 0.3 is 0 Å². The van der Waals surface area contributed by atoms with Crippen LogP contribution >= 0.6 is 0 Å². The lowest BCUT2D eigenvalue weighted by Gasteiger charge is -2.24. The molecule has 0 bridgehead atoms. The number of hydrogen-bond donors (Lipinski definition) is 1. The van der Waals surface area contributed by atoms with Gasteiger partial charge in [0.2, 0.25) is 5.91 Å². The average molecular weight is 328 g/mol. The summed E-state index contributed by atoms with van der Waals surface area (Å²) in [5, 5.41) is 3.04. The topological polar surface area (TPSA) is 71.3 Å². The lowest BCUT2D eigenvalue weighted by atomic mass is 10.2. The van der Waals surface area contributed by atoms with Crippen LogP contribution in [0.4, 0.5) is 0 Å². The summed E-state index contributed by atoms with van der Waals surface area (Å²) in [6.45, 7) is 6.43. The molecule has 0 radical (unpaired) electrons. The number of carbonyl (C=O) groups is 1. The summed E-state index contributed by atoms with van der Waals surface area (Å²) in [4.78, 5) is 22.4. The minimum absolute atomic E-state index is 0.146. The zero-order chi connectivity index (χ0) is 16.9. The summed E-state index contributed by atoms with van der Waals surface area (Å²) >= 11 is 0. The van der Waals surface area contributed by atoms with Crippen molar-refractivity contribution in [2.45, 2.75) is 51.7 Å². The van der Waals surface area contributed by atoms with Crippen molar-refractivity contribution in [1.82, 2.24) is 20.2 Å². The van der Waals surface area contributed by atoms with Gasteiger partial charge in [-0.15, -0.1) is 0 Å². The van der Waals surface area contributed by atoms with Crippen LogP contribution in [0, 0.1) is 0 Å². The van der Waals surface area contributed by atoms with E-state index in [1.807, 2.05) is 12.1 Å². The van der Waals surface area contributed by atoms with Crippen LogP contribution in [-0.2, 0) is 17.9 Å². The van der Waals surface area contributed by atoms with Gasteiger partial charge < -0.3 is 9.73 Å². The lowest BCUT2D eigenvalue weighted by Crippen LogP contribution is -2.38. The summed E-state index contributed by atoms with van der Waals surface area (Å²) in [6.07, 6.45) is 6.86. The number of amides is 1. The van der Waals surface area contributed by atoms with Crippen LogP contribution in [0.3, 0.4) is 0 Å². The van der Waals surface area contributed by atoms with Gasteiger partial charge in [0.25, 0.3) is 0 Å². The molecular formula is C18H24N4O2. The zero-order valence-electron chi connectivity index (χ0n) is 14.2. The first kappa shape index (κ1) is 16.6. The molecule has 1 amide bonds. The van der Waals surface area contributed by atoms with Crippen LogP contribution in [-0.4, -0.2) is 33.4 Å². The standard InChI is InChI=1S/C18H24N4O2/c1-13(2)18-21-16(12-24-18)11-22(9-14-5-7-19-8-6-14)10-15-3-4-17(23)20-15/h5-8,12-13,15H,3-4,9-11H2,1-2H3,(H,20,23). The van der Waals surface area contributed by atoms with Gasteiger partial charge in [-0.05, 0) is 24.1 Å². The first-order valence-electron chi connectivity index (χ1n) is 8.45. The van der Waals surface area contributed by atoms with E-state index in [4.69, 9.17) is 4.42 Å². The van der Waals surface area contributed by atoms with Crippen LogP contribution in [0.2, 0.25) is 0 Å². The van der Waals surface area contributed by atoms with E-state index in [2.05, 4.69) is 34.0 Å². The second kappa shape index (κ2) is 7.57. The third-order valence-corrected chi connectivity index (χ3v) is 4.17. The summed E-state index contributed by atoms with van der Waals surface area (Å²) in [6, 6.07) is 4.24. The molecule has 3 heterocycles. The van der Waals surface area contributed by atoms with Gasteiger partial charge in [0.05, 0.1) is 5.69 Å². The summed E-state index contributed by atoms with van der Waals surface area (Å²) in [5.41, 5.74) is 2.12. The van der Waals surface area contributed by atoms with Gasteiger partial charge in [-0.2, -0.15) is 0 Å². The van der Waals surface area contributed by atoms with Crippen molar-refractivity contribution in [3.05, 3.63) is 47.9 Å². The molecular weight excluding hydrogens is 304 g/mol. The van der Waals surface area contributed by atoms with E-state index in [9.17, 15) is 4.79 Å². The van der Waals surface area contributed by atoms with Crippen molar-refractivity contribution < 1.29 is 9.21 Å².